The van der Waals surface area contributed by atoms with Crippen LogP contribution in [0.5, 0.6) is 11.5 Å². The maximum Gasteiger partial charge on any atom is 0.119 e. The first-order chi connectivity index (χ1) is 12.8. The van der Waals surface area contributed by atoms with Gasteiger partial charge in [0.25, 0.3) is 0 Å². The van der Waals surface area contributed by atoms with Crippen molar-refractivity contribution in [3.63, 3.8) is 0 Å². The summed E-state index contributed by atoms with van der Waals surface area (Å²) in [7, 11) is 3.43. The van der Waals surface area contributed by atoms with Gasteiger partial charge in [-0.15, -0.1) is 0 Å². The molecule has 4 heteroatoms. The molecule has 0 bridgehead atoms. The lowest BCUT2D eigenvalue weighted by Gasteiger charge is -2.33. The highest BCUT2D eigenvalue weighted by Gasteiger charge is 2.24. The summed E-state index contributed by atoms with van der Waals surface area (Å²) in [6.45, 7) is 1.75. The average molecular weight is 354 g/mol. The minimum Gasteiger partial charge on any atom is -0.497 e. The van der Waals surface area contributed by atoms with Gasteiger partial charge in [-0.1, -0.05) is 37.1 Å². The lowest BCUT2D eigenvalue weighted by Crippen LogP contribution is -2.49. The summed E-state index contributed by atoms with van der Waals surface area (Å²) in [6, 6.07) is 17.6. The van der Waals surface area contributed by atoms with Crippen LogP contribution in [-0.4, -0.2) is 26.3 Å². The molecule has 0 aromatic heterocycles. The van der Waals surface area contributed by atoms with Gasteiger partial charge in [0.2, 0.25) is 0 Å². The predicted octanol–water partition coefficient (Wildman–Crippen LogP) is 3.89. The van der Waals surface area contributed by atoms with E-state index in [-0.39, 0.29) is 0 Å². The molecule has 1 fully saturated rings. The largest absolute Gasteiger partial charge is 0.497 e. The van der Waals surface area contributed by atoms with Crippen LogP contribution < -0.4 is 20.1 Å². The Labute approximate surface area is 156 Å². The van der Waals surface area contributed by atoms with Crippen LogP contribution in [0, 0.1) is 0 Å². The van der Waals surface area contributed by atoms with Gasteiger partial charge in [-0.3, -0.25) is 0 Å². The molecule has 1 aliphatic carbocycles. The summed E-state index contributed by atoms with van der Waals surface area (Å²) in [6.07, 6.45) is 5.04. The molecular formula is C22H30N2O2. The third-order valence-corrected chi connectivity index (χ3v) is 5.17. The Bertz CT molecular complexity index is 630. The summed E-state index contributed by atoms with van der Waals surface area (Å²) < 4.78 is 10.6. The van der Waals surface area contributed by atoms with E-state index in [1.165, 1.54) is 36.8 Å². The van der Waals surface area contributed by atoms with Gasteiger partial charge in [-0.05, 0) is 48.2 Å². The summed E-state index contributed by atoms with van der Waals surface area (Å²) in [5.41, 5.74) is 2.53. The number of hydrogen-bond acceptors (Lipinski definition) is 4. The SMILES string of the molecule is COc1cccc(CN[C@H]2CCCC[C@@H]2NCc2cccc(OC)c2)c1. The molecule has 0 spiro atoms. The van der Waals surface area contributed by atoms with Gasteiger partial charge in [0.05, 0.1) is 14.2 Å². The third kappa shape index (κ3) is 5.23. The van der Waals surface area contributed by atoms with E-state index in [0.717, 1.165) is 24.6 Å². The first kappa shape index (κ1) is 18.7. The Morgan fingerprint density at radius 2 is 1.23 bits per heavy atom. The fraction of sp³-hybridized carbons (Fsp3) is 0.455. The van der Waals surface area contributed by atoms with E-state index in [4.69, 9.17) is 9.47 Å². The quantitative estimate of drug-likeness (QED) is 0.755. The summed E-state index contributed by atoms with van der Waals surface area (Å²) in [5, 5.41) is 7.51. The highest BCUT2D eigenvalue weighted by Crippen LogP contribution is 2.21. The minimum absolute atomic E-state index is 0.501. The maximum atomic E-state index is 5.32. The van der Waals surface area contributed by atoms with E-state index in [0.29, 0.717) is 12.1 Å². The zero-order chi connectivity index (χ0) is 18.2. The number of benzene rings is 2. The van der Waals surface area contributed by atoms with E-state index in [2.05, 4.69) is 47.0 Å². The Kier molecular flexibility index (Phi) is 6.92. The molecule has 2 aromatic rings. The monoisotopic (exact) mass is 354 g/mol. The minimum atomic E-state index is 0.501. The average Bonchev–Trinajstić information content (AvgIpc) is 2.71. The van der Waals surface area contributed by atoms with Crippen molar-refractivity contribution in [2.75, 3.05) is 14.2 Å². The molecule has 0 radical (unpaired) electrons. The van der Waals surface area contributed by atoms with Crippen molar-refractivity contribution < 1.29 is 9.47 Å². The van der Waals surface area contributed by atoms with Crippen LogP contribution in [0.2, 0.25) is 0 Å². The van der Waals surface area contributed by atoms with E-state index in [9.17, 15) is 0 Å². The third-order valence-electron chi connectivity index (χ3n) is 5.17. The van der Waals surface area contributed by atoms with Gasteiger partial charge in [-0.2, -0.15) is 0 Å². The van der Waals surface area contributed by atoms with Gasteiger partial charge in [0.1, 0.15) is 11.5 Å². The van der Waals surface area contributed by atoms with Crippen LogP contribution in [0.3, 0.4) is 0 Å². The molecular weight excluding hydrogens is 324 g/mol. The maximum absolute atomic E-state index is 5.32. The number of nitrogens with one attached hydrogen (secondary N) is 2. The molecule has 140 valence electrons. The van der Waals surface area contributed by atoms with Gasteiger partial charge in [0.15, 0.2) is 0 Å². The van der Waals surface area contributed by atoms with Crippen molar-refractivity contribution in [3.05, 3.63) is 59.7 Å². The number of methoxy groups -OCH3 is 2. The van der Waals surface area contributed by atoms with Gasteiger partial charge >= 0.3 is 0 Å². The lowest BCUT2D eigenvalue weighted by molar-refractivity contribution is 0.281. The van der Waals surface area contributed by atoms with E-state index < -0.39 is 0 Å². The van der Waals surface area contributed by atoms with Crippen LogP contribution >= 0.6 is 0 Å². The van der Waals surface area contributed by atoms with Crippen molar-refractivity contribution in [2.45, 2.75) is 50.9 Å². The molecule has 1 aliphatic rings. The molecule has 0 saturated heterocycles. The molecule has 4 nitrogen and oxygen atoms in total. The van der Waals surface area contributed by atoms with Gasteiger partial charge in [-0.25, -0.2) is 0 Å². The number of hydrogen-bond donors (Lipinski definition) is 2. The number of rotatable bonds is 8. The molecule has 1 saturated carbocycles. The number of ether oxygens (including phenoxy) is 2. The first-order valence-corrected chi connectivity index (χ1v) is 9.51. The Hall–Kier alpha value is -2.04. The van der Waals surface area contributed by atoms with Crippen molar-refractivity contribution in [1.29, 1.82) is 0 Å². The highest BCUT2D eigenvalue weighted by atomic mass is 16.5. The molecule has 0 heterocycles. The molecule has 0 amide bonds. The van der Waals surface area contributed by atoms with Crippen molar-refractivity contribution in [2.24, 2.45) is 0 Å². The molecule has 0 unspecified atom stereocenters. The fourth-order valence-electron chi connectivity index (χ4n) is 3.68. The Morgan fingerprint density at radius 1 is 0.769 bits per heavy atom. The van der Waals surface area contributed by atoms with Gasteiger partial charge < -0.3 is 20.1 Å². The fourth-order valence-corrected chi connectivity index (χ4v) is 3.68. The van der Waals surface area contributed by atoms with Gasteiger partial charge in [0, 0.05) is 25.2 Å². The second-order valence-electron chi connectivity index (χ2n) is 6.96. The topological polar surface area (TPSA) is 42.5 Å². The summed E-state index contributed by atoms with van der Waals surface area (Å²) in [5.74, 6) is 1.83. The molecule has 3 rings (SSSR count). The van der Waals surface area contributed by atoms with E-state index >= 15 is 0 Å². The van der Waals surface area contributed by atoms with Crippen LogP contribution in [-0.2, 0) is 13.1 Å². The molecule has 2 atom stereocenters. The molecule has 26 heavy (non-hydrogen) atoms. The Morgan fingerprint density at radius 3 is 1.65 bits per heavy atom. The lowest BCUT2D eigenvalue weighted by atomic mass is 9.90. The zero-order valence-electron chi connectivity index (χ0n) is 15.8. The Balaban J connectivity index is 1.55. The van der Waals surface area contributed by atoms with Crippen molar-refractivity contribution in [1.82, 2.24) is 10.6 Å². The summed E-state index contributed by atoms with van der Waals surface area (Å²) >= 11 is 0. The molecule has 2 aromatic carbocycles. The standard InChI is InChI=1S/C22H30N2O2/c1-25-19-9-5-7-17(13-19)15-23-21-11-3-4-12-22(21)24-16-18-8-6-10-20(14-18)26-2/h5-10,13-14,21-24H,3-4,11-12,15-16H2,1-2H3/t21-,22-/m0/s1. The van der Waals surface area contributed by atoms with Crippen LogP contribution in [0.4, 0.5) is 0 Å². The predicted molar refractivity (Wildman–Crippen MR) is 106 cm³/mol. The van der Waals surface area contributed by atoms with E-state index in [1.807, 2.05) is 12.1 Å². The normalized spacial score (nSPS) is 19.9. The van der Waals surface area contributed by atoms with Crippen molar-refractivity contribution >= 4 is 0 Å². The second kappa shape index (κ2) is 9.60. The first-order valence-electron chi connectivity index (χ1n) is 9.51. The zero-order valence-corrected chi connectivity index (χ0v) is 15.8. The van der Waals surface area contributed by atoms with Crippen LogP contribution in [0.15, 0.2) is 48.5 Å². The smallest absolute Gasteiger partial charge is 0.119 e. The van der Waals surface area contributed by atoms with Crippen LogP contribution in [0.25, 0.3) is 0 Å². The highest BCUT2D eigenvalue weighted by molar-refractivity contribution is 5.29. The molecule has 0 aliphatic heterocycles. The van der Waals surface area contributed by atoms with E-state index in [1.54, 1.807) is 14.2 Å². The second-order valence-corrected chi connectivity index (χ2v) is 6.96. The van der Waals surface area contributed by atoms with Crippen molar-refractivity contribution in [3.8, 4) is 11.5 Å². The molecule has 2 N–H and O–H groups in total. The van der Waals surface area contributed by atoms with Crippen LogP contribution in [0.1, 0.15) is 36.8 Å². The summed E-state index contributed by atoms with van der Waals surface area (Å²) in [4.78, 5) is 0.